The molecule has 7 nitrogen and oxygen atoms in total. The fourth-order valence-electron chi connectivity index (χ4n) is 3.16. The fraction of sp³-hybridized carbons (Fsp3) is 0.167. The Bertz CT molecular complexity index is 1390. The van der Waals surface area contributed by atoms with Crippen molar-refractivity contribution >= 4 is 68.0 Å². The predicted molar refractivity (Wildman–Crippen MR) is 141 cm³/mol. The third-order valence-corrected chi connectivity index (χ3v) is 8.75. The molecule has 1 atom stereocenters. The Morgan fingerprint density at radius 1 is 0.971 bits per heavy atom. The van der Waals surface area contributed by atoms with Crippen LogP contribution in [0.3, 0.4) is 0 Å². The van der Waals surface area contributed by atoms with Gasteiger partial charge in [0.1, 0.15) is 11.0 Å². The van der Waals surface area contributed by atoms with Crippen LogP contribution >= 0.6 is 35.0 Å². The van der Waals surface area contributed by atoms with E-state index >= 15 is 0 Å². The van der Waals surface area contributed by atoms with E-state index in [0.717, 1.165) is 16.5 Å². The number of anilines is 2. The number of phenolic OH excluding ortho intramolecular Hbond substituents is 1. The number of aromatic hydroxyl groups is 1. The van der Waals surface area contributed by atoms with Gasteiger partial charge in [-0.2, -0.15) is 0 Å². The average molecular weight is 553 g/mol. The number of sulfone groups is 1. The standard InChI is InChI=1S/C24H22Cl2N2O5S2/c1-13-10-17(8-9-22(13)34-3)35(32,33)14(2)23(30)27-19-12-21(29)20(11-18(19)26)28-24(31)15-4-6-16(25)7-5-15/h4-12,14,29H,1-3H3,(H,27,30)(H,28,31). The number of benzene rings is 3. The Hall–Kier alpha value is -2.72. The number of nitrogens with one attached hydrogen (secondary N) is 2. The molecule has 0 fully saturated rings. The van der Waals surface area contributed by atoms with Gasteiger partial charge in [-0.05, 0) is 74.2 Å². The smallest absolute Gasteiger partial charge is 0.255 e. The van der Waals surface area contributed by atoms with Gasteiger partial charge in [-0.15, -0.1) is 11.8 Å². The van der Waals surface area contributed by atoms with Gasteiger partial charge in [0.2, 0.25) is 5.91 Å². The van der Waals surface area contributed by atoms with Crippen molar-refractivity contribution in [2.24, 2.45) is 0 Å². The largest absolute Gasteiger partial charge is 0.506 e. The first-order chi connectivity index (χ1) is 16.4. The summed E-state index contributed by atoms with van der Waals surface area (Å²) in [6, 6.07) is 13.2. The Morgan fingerprint density at radius 2 is 1.63 bits per heavy atom. The first-order valence-corrected chi connectivity index (χ1v) is 13.8. The van der Waals surface area contributed by atoms with E-state index in [-0.39, 0.29) is 27.0 Å². The first-order valence-electron chi connectivity index (χ1n) is 10.2. The molecule has 184 valence electrons. The number of rotatable bonds is 7. The SMILES string of the molecule is CSc1ccc(S(=O)(=O)C(C)C(=O)Nc2cc(O)c(NC(=O)c3ccc(Cl)cc3)cc2Cl)cc1C. The molecule has 0 aromatic heterocycles. The quantitative estimate of drug-likeness (QED) is 0.253. The van der Waals surface area contributed by atoms with E-state index in [1.807, 2.05) is 6.26 Å². The topological polar surface area (TPSA) is 113 Å². The second-order valence-corrected chi connectivity index (χ2v) is 11.6. The van der Waals surface area contributed by atoms with Crippen molar-refractivity contribution in [3.63, 3.8) is 0 Å². The Balaban J connectivity index is 1.77. The molecule has 0 aliphatic carbocycles. The normalized spacial score (nSPS) is 12.1. The molecule has 0 heterocycles. The molecule has 1 unspecified atom stereocenters. The van der Waals surface area contributed by atoms with Crippen LogP contribution in [0.4, 0.5) is 11.4 Å². The summed E-state index contributed by atoms with van der Waals surface area (Å²) in [4.78, 5) is 26.1. The lowest BCUT2D eigenvalue weighted by Gasteiger charge is -2.16. The van der Waals surface area contributed by atoms with Gasteiger partial charge in [0.15, 0.2) is 9.84 Å². The van der Waals surface area contributed by atoms with Crippen LogP contribution in [0.1, 0.15) is 22.8 Å². The number of halogens is 2. The molecule has 0 spiro atoms. The van der Waals surface area contributed by atoms with Gasteiger partial charge in [-0.3, -0.25) is 9.59 Å². The number of aryl methyl sites for hydroxylation is 1. The molecular weight excluding hydrogens is 531 g/mol. The van der Waals surface area contributed by atoms with Crippen LogP contribution in [0.2, 0.25) is 10.0 Å². The van der Waals surface area contributed by atoms with Crippen LogP contribution in [-0.4, -0.2) is 36.8 Å². The predicted octanol–water partition coefficient (Wildman–Crippen LogP) is 5.78. The zero-order chi connectivity index (χ0) is 25.9. The van der Waals surface area contributed by atoms with Crippen LogP contribution < -0.4 is 10.6 Å². The molecule has 11 heteroatoms. The lowest BCUT2D eigenvalue weighted by atomic mass is 10.2. The number of amides is 2. The molecule has 0 bridgehead atoms. The van der Waals surface area contributed by atoms with Gasteiger partial charge >= 0.3 is 0 Å². The molecule has 2 amide bonds. The highest BCUT2D eigenvalue weighted by Crippen LogP contribution is 2.34. The zero-order valence-electron chi connectivity index (χ0n) is 18.9. The van der Waals surface area contributed by atoms with Gasteiger partial charge in [-0.1, -0.05) is 23.2 Å². The van der Waals surface area contributed by atoms with Crippen molar-refractivity contribution in [2.45, 2.75) is 28.9 Å². The zero-order valence-corrected chi connectivity index (χ0v) is 22.1. The molecule has 3 rings (SSSR count). The first kappa shape index (κ1) is 26.9. The monoisotopic (exact) mass is 552 g/mol. The van der Waals surface area contributed by atoms with Crippen LogP contribution in [0, 0.1) is 6.92 Å². The summed E-state index contributed by atoms with van der Waals surface area (Å²) in [7, 11) is -3.98. The molecule has 3 N–H and O–H groups in total. The lowest BCUT2D eigenvalue weighted by molar-refractivity contribution is -0.115. The van der Waals surface area contributed by atoms with Crippen molar-refractivity contribution in [1.29, 1.82) is 0 Å². The summed E-state index contributed by atoms with van der Waals surface area (Å²) in [5.74, 6) is -1.70. The van der Waals surface area contributed by atoms with Crippen LogP contribution in [0.25, 0.3) is 0 Å². The van der Waals surface area contributed by atoms with Crippen molar-refractivity contribution in [2.75, 3.05) is 16.9 Å². The molecule has 0 saturated carbocycles. The van der Waals surface area contributed by atoms with E-state index in [9.17, 15) is 23.1 Å². The van der Waals surface area contributed by atoms with E-state index in [1.165, 1.54) is 49.0 Å². The van der Waals surface area contributed by atoms with Crippen molar-refractivity contribution < 1.29 is 23.1 Å². The maximum Gasteiger partial charge on any atom is 0.255 e. The molecule has 0 saturated heterocycles. The summed E-state index contributed by atoms with van der Waals surface area (Å²) in [6.07, 6.45) is 1.89. The van der Waals surface area contributed by atoms with Crippen LogP contribution in [-0.2, 0) is 14.6 Å². The molecule has 3 aromatic carbocycles. The number of carbonyl (C=O) groups is 2. The van der Waals surface area contributed by atoms with Gasteiger partial charge in [0.25, 0.3) is 5.91 Å². The summed E-state index contributed by atoms with van der Waals surface area (Å²) >= 11 is 13.6. The second-order valence-electron chi connectivity index (χ2n) is 7.62. The molecule has 0 aliphatic rings. The maximum atomic E-state index is 13.0. The molecule has 3 aromatic rings. The number of phenols is 1. The average Bonchev–Trinajstić information content (AvgIpc) is 2.81. The van der Waals surface area contributed by atoms with E-state index in [2.05, 4.69) is 10.6 Å². The number of thioether (sulfide) groups is 1. The minimum Gasteiger partial charge on any atom is -0.506 e. The fourth-order valence-corrected chi connectivity index (χ4v) is 5.43. The highest BCUT2D eigenvalue weighted by Gasteiger charge is 2.30. The Labute approximate surface area is 217 Å². The van der Waals surface area contributed by atoms with Crippen LogP contribution in [0.5, 0.6) is 5.75 Å². The van der Waals surface area contributed by atoms with E-state index < -0.39 is 26.9 Å². The summed E-state index contributed by atoms with van der Waals surface area (Å²) in [5, 5.41) is 14.4. The lowest BCUT2D eigenvalue weighted by Crippen LogP contribution is -2.32. The van der Waals surface area contributed by atoms with E-state index in [0.29, 0.717) is 10.6 Å². The number of hydrogen-bond acceptors (Lipinski definition) is 6. The van der Waals surface area contributed by atoms with Gasteiger partial charge < -0.3 is 15.7 Å². The third kappa shape index (κ3) is 6.10. The molecular formula is C24H22Cl2N2O5S2. The van der Waals surface area contributed by atoms with Crippen molar-refractivity contribution in [3.8, 4) is 5.75 Å². The van der Waals surface area contributed by atoms with E-state index in [1.54, 1.807) is 25.1 Å². The van der Waals surface area contributed by atoms with Crippen molar-refractivity contribution in [1.82, 2.24) is 0 Å². The minimum absolute atomic E-state index is 0.00498. The Morgan fingerprint density at radius 3 is 2.23 bits per heavy atom. The molecule has 0 aliphatic heterocycles. The third-order valence-electron chi connectivity index (χ3n) is 5.23. The highest BCUT2D eigenvalue weighted by atomic mass is 35.5. The minimum atomic E-state index is -3.98. The van der Waals surface area contributed by atoms with Crippen molar-refractivity contribution in [3.05, 3.63) is 75.8 Å². The second kappa shape index (κ2) is 10.9. The summed E-state index contributed by atoms with van der Waals surface area (Å²) < 4.78 is 26.0. The van der Waals surface area contributed by atoms with E-state index in [4.69, 9.17) is 23.2 Å². The summed E-state index contributed by atoms with van der Waals surface area (Å²) in [6.45, 7) is 3.07. The van der Waals surface area contributed by atoms with Gasteiger partial charge in [0, 0.05) is 21.5 Å². The number of carbonyl (C=O) groups excluding carboxylic acids is 2. The maximum absolute atomic E-state index is 13.0. The molecule has 35 heavy (non-hydrogen) atoms. The molecule has 0 radical (unpaired) electrons. The highest BCUT2D eigenvalue weighted by molar-refractivity contribution is 7.98. The van der Waals surface area contributed by atoms with Gasteiger partial charge in [0.05, 0.1) is 21.3 Å². The van der Waals surface area contributed by atoms with Crippen LogP contribution in [0.15, 0.2) is 64.4 Å². The number of hydrogen-bond donors (Lipinski definition) is 3. The van der Waals surface area contributed by atoms with Gasteiger partial charge in [-0.25, -0.2) is 8.42 Å². The Kier molecular flexibility index (Phi) is 8.38. The summed E-state index contributed by atoms with van der Waals surface area (Å²) in [5.41, 5.74) is 1.10.